The van der Waals surface area contributed by atoms with Crippen LogP contribution in [-0.4, -0.2) is 22.5 Å². The van der Waals surface area contributed by atoms with E-state index in [1.807, 2.05) is 50.2 Å². The largest absolute Gasteiger partial charge is 0.494 e. The molecule has 1 aromatic heterocycles. The van der Waals surface area contributed by atoms with E-state index in [1.165, 1.54) is 10.2 Å². The van der Waals surface area contributed by atoms with Crippen molar-refractivity contribution in [1.29, 1.82) is 0 Å². The van der Waals surface area contributed by atoms with Crippen LogP contribution in [0.1, 0.15) is 55.9 Å². The molecule has 0 aliphatic rings. The van der Waals surface area contributed by atoms with Crippen LogP contribution in [0.4, 0.5) is 0 Å². The van der Waals surface area contributed by atoms with Gasteiger partial charge < -0.3 is 4.74 Å². The number of para-hydroxylation sites is 1. The van der Waals surface area contributed by atoms with Crippen LogP contribution in [0.25, 0.3) is 22.3 Å². The van der Waals surface area contributed by atoms with Crippen molar-refractivity contribution in [3.63, 3.8) is 0 Å². The molecule has 0 fully saturated rings. The van der Waals surface area contributed by atoms with Crippen LogP contribution < -0.4 is 10.3 Å². The van der Waals surface area contributed by atoms with Gasteiger partial charge in [-0.1, -0.05) is 57.2 Å². The molecule has 0 spiro atoms. The lowest BCUT2D eigenvalue weighted by Crippen LogP contribution is -2.20. The van der Waals surface area contributed by atoms with Gasteiger partial charge in [-0.15, -0.1) is 0 Å². The number of benzene rings is 3. The Morgan fingerprint density at radius 3 is 2.47 bits per heavy atom. The maximum atomic E-state index is 13.5. The predicted molar refractivity (Wildman–Crippen MR) is 140 cm³/mol. The number of nitrogens with zero attached hydrogens (tertiary/aromatic N) is 3. The fourth-order valence-electron chi connectivity index (χ4n) is 4.04. The Labute approximate surface area is 200 Å². The quantitative estimate of drug-likeness (QED) is 0.307. The summed E-state index contributed by atoms with van der Waals surface area (Å²) in [5, 5.41) is 5.16. The molecule has 4 aromatic rings. The zero-order chi connectivity index (χ0) is 24.2. The van der Waals surface area contributed by atoms with Gasteiger partial charge >= 0.3 is 0 Å². The first-order valence-electron chi connectivity index (χ1n) is 11.9. The molecule has 5 nitrogen and oxygen atoms in total. The number of ether oxygens (including phenoxy) is 1. The van der Waals surface area contributed by atoms with E-state index in [1.54, 1.807) is 12.3 Å². The van der Waals surface area contributed by atoms with Gasteiger partial charge in [0.2, 0.25) is 0 Å². The van der Waals surface area contributed by atoms with E-state index >= 15 is 0 Å². The van der Waals surface area contributed by atoms with Crippen molar-refractivity contribution in [2.45, 2.75) is 47.0 Å². The minimum absolute atomic E-state index is 0.193. The zero-order valence-corrected chi connectivity index (χ0v) is 20.5. The Balaban J connectivity index is 1.94. The maximum Gasteiger partial charge on any atom is 0.282 e. The third-order valence-corrected chi connectivity index (χ3v) is 5.98. The summed E-state index contributed by atoms with van der Waals surface area (Å²) in [5.74, 6) is 1.64. The first kappa shape index (κ1) is 23.4. The number of hydrogen-bond donors (Lipinski definition) is 0. The number of hydrogen-bond acceptors (Lipinski definition) is 4. The molecule has 0 aliphatic heterocycles. The van der Waals surface area contributed by atoms with E-state index in [0.717, 1.165) is 34.4 Å². The Bertz CT molecular complexity index is 1400. The predicted octanol–water partition coefficient (Wildman–Crippen LogP) is 6.34. The minimum atomic E-state index is -0.193. The topological polar surface area (TPSA) is 56.5 Å². The lowest BCUT2D eigenvalue weighted by molar-refractivity contribution is 0.335. The average molecular weight is 454 g/mol. The van der Waals surface area contributed by atoms with Gasteiger partial charge in [0.25, 0.3) is 5.56 Å². The van der Waals surface area contributed by atoms with Crippen molar-refractivity contribution in [2.24, 2.45) is 5.10 Å². The highest BCUT2D eigenvalue weighted by Crippen LogP contribution is 2.34. The maximum absolute atomic E-state index is 13.5. The monoisotopic (exact) mass is 453 g/mol. The van der Waals surface area contributed by atoms with E-state index in [4.69, 9.17) is 9.72 Å². The van der Waals surface area contributed by atoms with Crippen molar-refractivity contribution in [3.8, 4) is 17.1 Å². The van der Waals surface area contributed by atoms with E-state index in [9.17, 15) is 4.79 Å². The van der Waals surface area contributed by atoms with Gasteiger partial charge in [0.1, 0.15) is 5.75 Å². The second kappa shape index (κ2) is 10.0. The first-order chi connectivity index (χ1) is 16.4. The van der Waals surface area contributed by atoms with Gasteiger partial charge in [-0.3, -0.25) is 4.79 Å². The average Bonchev–Trinajstić information content (AvgIpc) is 2.84. The molecular formula is C29H31N3O2. The Kier molecular flexibility index (Phi) is 6.92. The number of aryl methyl sites for hydroxylation is 2. The van der Waals surface area contributed by atoms with Gasteiger partial charge in [-0.05, 0) is 72.7 Å². The fourth-order valence-corrected chi connectivity index (χ4v) is 4.04. The summed E-state index contributed by atoms with van der Waals surface area (Å²) in [6.45, 7) is 11.0. The van der Waals surface area contributed by atoms with Crippen molar-refractivity contribution in [1.82, 2.24) is 9.66 Å². The summed E-state index contributed by atoms with van der Waals surface area (Å²) in [4.78, 5) is 18.4. The van der Waals surface area contributed by atoms with Crippen LogP contribution in [-0.2, 0) is 6.42 Å². The van der Waals surface area contributed by atoms with Crippen molar-refractivity contribution < 1.29 is 4.74 Å². The van der Waals surface area contributed by atoms with Crippen LogP contribution in [0, 0.1) is 6.92 Å². The molecule has 0 amide bonds. The highest BCUT2D eigenvalue weighted by molar-refractivity contribution is 5.82. The molecule has 5 heteroatoms. The van der Waals surface area contributed by atoms with Crippen molar-refractivity contribution in [3.05, 3.63) is 93.3 Å². The lowest BCUT2D eigenvalue weighted by atomic mass is 9.96. The lowest BCUT2D eigenvalue weighted by Gasteiger charge is -2.18. The van der Waals surface area contributed by atoms with E-state index in [2.05, 4.69) is 44.1 Å². The zero-order valence-electron chi connectivity index (χ0n) is 20.5. The molecule has 0 aliphatic carbocycles. The second-order valence-electron chi connectivity index (χ2n) is 8.70. The standard InChI is InChI=1S/C29H31N3O2/c1-6-21-12-14-22(15-13-21)18-30-32-28(31-26-11-9-8-10-23(26)29(32)33)25-17-24(19(3)4)27(34-7-2)16-20(25)5/h8-19H,6-7H2,1-5H3. The van der Waals surface area contributed by atoms with Crippen LogP contribution in [0.5, 0.6) is 5.75 Å². The van der Waals surface area contributed by atoms with Crippen LogP contribution in [0.2, 0.25) is 0 Å². The second-order valence-corrected chi connectivity index (χ2v) is 8.70. The van der Waals surface area contributed by atoms with Gasteiger partial charge in [-0.25, -0.2) is 4.98 Å². The fraction of sp³-hybridized carbons (Fsp3) is 0.276. The molecule has 0 atom stereocenters. The summed E-state index contributed by atoms with van der Waals surface area (Å²) in [6.07, 6.45) is 2.69. The molecule has 174 valence electrons. The molecule has 4 rings (SSSR count). The molecule has 0 saturated heterocycles. The normalized spacial score (nSPS) is 11.6. The van der Waals surface area contributed by atoms with Crippen molar-refractivity contribution >= 4 is 17.1 Å². The first-order valence-corrected chi connectivity index (χ1v) is 11.9. The molecule has 3 aromatic carbocycles. The highest BCUT2D eigenvalue weighted by Gasteiger charge is 2.18. The Morgan fingerprint density at radius 1 is 1.06 bits per heavy atom. The molecular weight excluding hydrogens is 422 g/mol. The SMILES string of the molecule is CCOc1cc(C)c(-c2nc3ccccc3c(=O)n2N=Cc2ccc(CC)cc2)cc1C(C)C. The molecule has 0 unspecified atom stereocenters. The van der Waals surface area contributed by atoms with Crippen LogP contribution >= 0.6 is 0 Å². The minimum Gasteiger partial charge on any atom is -0.494 e. The third-order valence-electron chi connectivity index (χ3n) is 5.98. The summed E-state index contributed by atoms with van der Waals surface area (Å²) >= 11 is 0. The third kappa shape index (κ3) is 4.65. The number of fused-ring (bicyclic) bond motifs is 1. The van der Waals surface area contributed by atoms with E-state index < -0.39 is 0 Å². The van der Waals surface area contributed by atoms with Crippen LogP contribution in [0.15, 0.2) is 70.6 Å². The van der Waals surface area contributed by atoms with Gasteiger partial charge in [0, 0.05) is 5.56 Å². The van der Waals surface area contributed by atoms with Gasteiger partial charge in [0.05, 0.1) is 23.7 Å². The Hall–Kier alpha value is -3.73. The summed E-state index contributed by atoms with van der Waals surface area (Å²) in [5.41, 5.74) is 5.57. The van der Waals surface area contributed by atoms with Crippen LogP contribution in [0.3, 0.4) is 0 Å². The summed E-state index contributed by atoms with van der Waals surface area (Å²) in [6, 6.07) is 19.7. The van der Waals surface area contributed by atoms with Crippen molar-refractivity contribution in [2.75, 3.05) is 6.61 Å². The van der Waals surface area contributed by atoms with Gasteiger partial charge in [-0.2, -0.15) is 9.78 Å². The molecule has 0 N–H and O–H groups in total. The summed E-state index contributed by atoms with van der Waals surface area (Å²) in [7, 11) is 0. The summed E-state index contributed by atoms with van der Waals surface area (Å²) < 4.78 is 7.32. The molecule has 1 heterocycles. The molecule has 0 radical (unpaired) electrons. The van der Waals surface area contributed by atoms with E-state index in [0.29, 0.717) is 23.3 Å². The molecule has 34 heavy (non-hydrogen) atoms. The Morgan fingerprint density at radius 2 is 1.79 bits per heavy atom. The molecule has 0 bridgehead atoms. The van der Waals surface area contributed by atoms with Gasteiger partial charge in [0.15, 0.2) is 5.82 Å². The molecule has 0 saturated carbocycles. The highest BCUT2D eigenvalue weighted by atomic mass is 16.5. The smallest absolute Gasteiger partial charge is 0.282 e. The van der Waals surface area contributed by atoms with E-state index in [-0.39, 0.29) is 11.5 Å². The number of aromatic nitrogens is 2. The number of rotatable bonds is 7.